The Kier molecular flexibility index (Phi) is 8.39. The first kappa shape index (κ1) is 31.1. The van der Waals surface area contributed by atoms with Crippen LogP contribution in [0.4, 0.5) is 13.2 Å². The molecule has 4 aliphatic rings. The van der Waals surface area contributed by atoms with E-state index < -0.39 is 46.0 Å². The summed E-state index contributed by atoms with van der Waals surface area (Å²) in [6.07, 6.45) is -0.491. The van der Waals surface area contributed by atoms with Gasteiger partial charge in [-0.05, 0) is 60.7 Å². The van der Waals surface area contributed by atoms with E-state index >= 15 is 0 Å². The smallest absolute Gasteiger partial charge is 0.364 e. The molecule has 12 heteroatoms. The predicted molar refractivity (Wildman–Crippen MR) is 135 cm³/mol. The van der Waals surface area contributed by atoms with E-state index in [9.17, 15) is 45.3 Å². The summed E-state index contributed by atoms with van der Waals surface area (Å²) in [4.78, 5) is 51.6. The molecule has 226 valence electrons. The number of carbonyl (C=O) groups excluding carboxylic acids is 4. The van der Waals surface area contributed by atoms with Gasteiger partial charge in [0.15, 0.2) is 16.3 Å². The minimum atomic E-state index is -6.19. The number of halogens is 3. The molecule has 4 saturated carbocycles. The molecule has 4 rings (SSSR count). The summed E-state index contributed by atoms with van der Waals surface area (Å²) in [5.41, 5.74) is -0.928. The van der Waals surface area contributed by atoms with Crippen LogP contribution in [0.15, 0.2) is 0 Å². The normalized spacial score (nSPS) is 37.8. The molecule has 0 aromatic heterocycles. The Balaban J connectivity index is 1.36. The number of hydrogen-bond acceptors (Lipinski definition) is 8. The summed E-state index contributed by atoms with van der Waals surface area (Å²) in [6, 6.07) is 0. The van der Waals surface area contributed by atoms with Gasteiger partial charge < -0.3 is 9.29 Å². The highest BCUT2D eigenvalue weighted by Gasteiger charge is 2.66. The standard InChI is InChI=1S/C28H39F3O8S/c1-15(4-7-24(35)39-11-9-22(29)28(30,31)40(36,37)38)18-5-6-19-25-20(14-23(34)27(18,19)3)26(2)10-8-17(32)12-16(26)13-21(25)33/h15-16,18-20,22,25H,4-14H2,1-3H3,(H,36,37,38)/p-1/t15-,16?,18-,19?,20?,22?,25?,26+,27-/m1/s1. The van der Waals surface area contributed by atoms with Gasteiger partial charge in [0.2, 0.25) is 0 Å². The van der Waals surface area contributed by atoms with Gasteiger partial charge in [0.05, 0.1) is 6.61 Å². The van der Waals surface area contributed by atoms with Crippen LogP contribution in [0, 0.1) is 46.3 Å². The molecule has 0 N–H and O–H groups in total. The van der Waals surface area contributed by atoms with Gasteiger partial charge in [-0.25, -0.2) is 12.8 Å². The van der Waals surface area contributed by atoms with Gasteiger partial charge in [-0.1, -0.05) is 20.8 Å². The van der Waals surface area contributed by atoms with E-state index in [4.69, 9.17) is 4.74 Å². The zero-order chi connectivity index (χ0) is 29.8. The second kappa shape index (κ2) is 10.8. The summed E-state index contributed by atoms with van der Waals surface area (Å²) in [5.74, 6) is -0.861. The SMILES string of the molecule is C[C@H](CCC(=O)OCCC(F)C(F)(F)S(=O)(=O)[O-])[C@H]1CCC2C3C(=O)CC4CC(=O)CC[C@]4(C)C3CC(=O)[C@@]21C. The second-order valence-electron chi connectivity index (χ2n) is 13.0. The highest BCUT2D eigenvalue weighted by Crippen LogP contribution is 2.66. The van der Waals surface area contributed by atoms with Gasteiger partial charge in [0.25, 0.3) is 0 Å². The van der Waals surface area contributed by atoms with Crippen molar-refractivity contribution in [2.24, 2.45) is 46.3 Å². The van der Waals surface area contributed by atoms with Crippen LogP contribution in [-0.4, -0.2) is 54.3 Å². The van der Waals surface area contributed by atoms with Crippen LogP contribution in [0.3, 0.4) is 0 Å². The quantitative estimate of drug-likeness (QED) is 0.285. The van der Waals surface area contributed by atoms with Crippen molar-refractivity contribution in [2.45, 2.75) is 96.4 Å². The number of rotatable bonds is 9. The highest BCUT2D eigenvalue weighted by atomic mass is 32.2. The molecule has 0 bridgehead atoms. The van der Waals surface area contributed by atoms with Crippen molar-refractivity contribution in [1.82, 2.24) is 0 Å². The van der Waals surface area contributed by atoms with Crippen molar-refractivity contribution in [1.29, 1.82) is 0 Å². The van der Waals surface area contributed by atoms with Crippen molar-refractivity contribution in [2.75, 3.05) is 6.61 Å². The predicted octanol–water partition coefficient (Wildman–Crippen LogP) is 4.40. The minimum absolute atomic E-state index is 0.00889. The maximum atomic E-state index is 13.8. The Hall–Kier alpha value is -1.82. The van der Waals surface area contributed by atoms with Gasteiger partial charge in [-0.2, -0.15) is 8.78 Å². The third-order valence-corrected chi connectivity index (χ3v) is 12.0. The van der Waals surface area contributed by atoms with Crippen molar-refractivity contribution >= 4 is 33.4 Å². The van der Waals surface area contributed by atoms with E-state index in [0.717, 1.165) is 12.8 Å². The number of fused-ring (bicyclic) bond motifs is 5. The highest BCUT2D eigenvalue weighted by molar-refractivity contribution is 7.86. The number of Topliss-reactive ketones (excluding diaryl/α,β-unsaturated/α-hetero) is 3. The summed E-state index contributed by atoms with van der Waals surface area (Å²) in [5, 5.41) is -5.11. The van der Waals surface area contributed by atoms with Gasteiger partial charge in [0.1, 0.15) is 17.3 Å². The summed E-state index contributed by atoms with van der Waals surface area (Å²) in [7, 11) is -6.19. The zero-order valence-electron chi connectivity index (χ0n) is 23.1. The number of ketones is 3. The topological polar surface area (TPSA) is 135 Å². The first-order valence-electron chi connectivity index (χ1n) is 14.1. The van der Waals surface area contributed by atoms with Crippen molar-refractivity contribution in [3.05, 3.63) is 0 Å². The van der Waals surface area contributed by atoms with E-state index in [1.807, 2.05) is 13.8 Å². The van der Waals surface area contributed by atoms with Crippen molar-refractivity contribution in [3.63, 3.8) is 0 Å². The fourth-order valence-electron chi connectivity index (χ4n) is 8.61. The number of carbonyl (C=O) groups is 4. The average molecular weight is 592 g/mol. The van der Waals surface area contributed by atoms with Gasteiger partial charge in [-0.3, -0.25) is 19.2 Å². The molecule has 4 fully saturated rings. The molecule has 0 heterocycles. The maximum Gasteiger partial charge on any atom is 0.364 e. The molecular formula is C28H38F3O8S-. The van der Waals surface area contributed by atoms with Crippen LogP contribution in [0.5, 0.6) is 0 Å². The first-order chi connectivity index (χ1) is 18.4. The summed E-state index contributed by atoms with van der Waals surface area (Å²) in [6.45, 7) is 5.21. The van der Waals surface area contributed by atoms with Gasteiger partial charge >= 0.3 is 11.2 Å². The first-order valence-corrected chi connectivity index (χ1v) is 15.6. The lowest BCUT2D eigenvalue weighted by atomic mass is 9.44. The van der Waals surface area contributed by atoms with E-state index in [-0.39, 0.29) is 64.7 Å². The van der Waals surface area contributed by atoms with E-state index in [0.29, 0.717) is 38.5 Å². The molecule has 0 spiro atoms. The lowest BCUT2D eigenvalue weighted by Crippen LogP contribution is -2.60. The number of alkyl halides is 3. The molecule has 0 aromatic rings. The molecule has 40 heavy (non-hydrogen) atoms. The van der Waals surface area contributed by atoms with E-state index in [1.165, 1.54) is 0 Å². The van der Waals surface area contributed by atoms with Crippen LogP contribution in [-0.2, 0) is 34.0 Å². The third-order valence-electron chi connectivity index (χ3n) is 11.0. The number of ether oxygens (including phenoxy) is 1. The van der Waals surface area contributed by atoms with Crippen molar-refractivity contribution in [3.8, 4) is 0 Å². The monoisotopic (exact) mass is 591 g/mol. The van der Waals surface area contributed by atoms with E-state index in [1.54, 1.807) is 0 Å². The largest absolute Gasteiger partial charge is 0.743 e. The fourth-order valence-corrected chi connectivity index (χ4v) is 9.04. The Morgan fingerprint density at radius 1 is 1.10 bits per heavy atom. The average Bonchev–Trinajstić information content (AvgIpc) is 3.22. The minimum Gasteiger partial charge on any atom is -0.743 e. The summed E-state index contributed by atoms with van der Waals surface area (Å²) < 4.78 is 76.4. The van der Waals surface area contributed by atoms with Crippen LogP contribution in [0.25, 0.3) is 0 Å². The van der Waals surface area contributed by atoms with Gasteiger partial charge in [0, 0.05) is 49.9 Å². The Labute approximate surface area is 232 Å². The molecule has 0 aromatic carbocycles. The Bertz CT molecular complexity index is 1170. The molecule has 5 unspecified atom stereocenters. The lowest BCUT2D eigenvalue weighted by molar-refractivity contribution is -0.166. The molecule has 0 aliphatic heterocycles. The zero-order valence-corrected chi connectivity index (χ0v) is 23.9. The third kappa shape index (κ3) is 5.16. The van der Waals surface area contributed by atoms with Crippen LogP contribution < -0.4 is 0 Å². The van der Waals surface area contributed by atoms with Crippen LogP contribution in [0.1, 0.15) is 85.0 Å². The lowest BCUT2D eigenvalue weighted by Gasteiger charge is -2.58. The Morgan fingerprint density at radius 3 is 2.42 bits per heavy atom. The fraction of sp³-hybridized carbons (Fsp3) is 0.857. The van der Waals surface area contributed by atoms with Crippen LogP contribution >= 0.6 is 0 Å². The molecule has 0 saturated heterocycles. The Morgan fingerprint density at radius 2 is 1.77 bits per heavy atom. The summed E-state index contributed by atoms with van der Waals surface area (Å²) >= 11 is 0. The van der Waals surface area contributed by atoms with Gasteiger partial charge in [-0.15, -0.1) is 0 Å². The van der Waals surface area contributed by atoms with E-state index in [2.05, 4.69) is 6.92 Å². The molecule has 0 radical (unpaired) electrons. The number of hydrogen-bond donors (Lipinski definition) is 0. The number of esters is 1. The molecular weight excluding hydrogens is 553 g/mol. The molecule has 0 amide bonds. The van der Waals surface area contributed by atoms with Crippen LogP contribution in [0.2, 0.25) is 0 Å². The second-order valence-corrected chi connectivity index (χ2v) is 14.4. The molecule has 4 aliphatic carbocycles. The van der Waals surface area contributed by atoms with Crippen molar-refractivity contribution < 1.29 is 50.1 Å². The molecule has 8 nitrogen and oxygen atoms in total. The maximum absolute atomic E-state index is 13.8. The molecule has 9 atom stereocenters.